The van der Waals surface area contributed by atoms with Crippen molar-refractivity contribution < 1.29 is 9.32 Å². The van der Waals surface area contributed by atoms with E-state index in [0.717, 1.165) is 25.8 Å². The molecule has 0 aromatic carbocycles. The normalized spacial score (nSPS) is 21.4. The van der Waals surface area contributed by atoms with Gasteiger partial charge in [-0.15, -0.1) is 0 Å². The van der Waals surface area contributed by atoms with E-state index in [4.69, 9.17) is 4.52 Å². The fourth-order valence-corrected chi connectivity index (χ4v) is 3.66. The minimum atomic E-state index is 0.0443. The van der Waals surface area contributed by atoms with Crippen molar-refractivity contribution in [3.05, 3.63) is 30.2 Å². The average molecular weight is 341 g/mol. The number of hydrogen-bond donors (Lipinski definition) is 1. The quantitative estimate of drug-likeness (QED) is 0.928. The molecule has 2 aliphatic rings. The Kier molecular flexibility index (Phi) is 4.63. The maximum absolute atomic E-state index is 12.5. The molecule has 0 spiro atoms. The fraction of sp³-hybridized carbons (Fsp3) is 0.556. The Hall–Kier alpha value is -2.44. The van der Waals surface area contributed by atoms with Gasteiger partial charge in [0.1, 0.15) is 5.69 Å². The van der Waals surface area contributed by atoms with Crippen LogP contribution >= 0.6 is 0 Å². The van der Waals surface area contributed by atoms with E-state index < -0.39 is 0 Å². The fourth-order valence-electron chi connectivity index (χ4n) is 3.66. The molecule has 1 aliphatic carbocycles. The molecule has 0 bridgehead atoms. The third-order valence-electron chi connectivity index (χ3n) is 5.10. The van der Waals surface area contributed by atoms with Gasteiger partial charge in [-0.05, 0) is 31.4 Å². The summed E-state index contributed by atoms with van der Waals surface area (Å²) < 4.78 is 5.34. The van der Waals surface area contributed by atoms with Crippen LogP contribution < -0.4 is 5.32 Å². The van der Waals surface area contributed by atoms with E-state index in [2.05, 4.69) is 20.4 Å². The third kappa shape index (κ3) is 3.65. The van der Waals surface area contributed by atoms with Crippen molar-refractivity contribution in [2.45, 2.75) is 50.5 Å². The Morgan fingerprint density at radius 2 is 2.08 bits per heavy atom. The van der Waals surface area contributed by atoms with Gasteiger partial charge in [0.25, 0.3) is 5.89 Å². The average Bonchev–Trinajstić information content (AvgIpc) is 3.33. The van der Waals surface area contributed by atoms with Gasteiger partial charge in [-0.3, -0.25) is 4.98 Å². The van der Waals surface area contributed by atoms with E-state index in [9.17, 15) is 4.79 Å². The number of likely N-dealkylation sites (tertiary alicyclic amines) is 1. The zero-order chi connectivity index (χ0) is 17.1. The largest absolute Gasteiger partial charge is 0.335 e. The first-order chi connectivity index (χ1) is 12.3. The van der Waals surface area contributed by atoms with Crippen LogP contribution in [0.3, 0.4) is 0 Å². The van der Waals surface area contributed by atoms with Crippen LogP contribution in [0.25, 0.3) is 11.6 Å². The van der Waals surface area contributed by atoms with E-state index in [1.54, 1.807) is 6.20 Å². The summed E-state index contributed by atoms with van der Waals surface area (Å²) >= 11 is 0. The summed E-state index contributed by atoms with van der Waals surface area (Å²) in [5.41, 5.74) is 0.672. The van der Waals surface area contributed by atoms with E-state index in [-0.39, 0.29) is 11.9 Å². The van der Waals surface area contributed by atoms with Crippen LogP contribution in [0.5, 0.6) is 0 Å². The van der Waals surface area contributed by atoms with Crippen molar-refractivity contribution in [1.82, 2.24) is 25.3 Å². The lowest BCUT2D eigenvalue weighted by Gasteiger charge is -2.26. The van der Waals surface area contributed by atoms with E-state index in [1.165, 1.54) is 19.3 Å². The summed E-state index contributed by atoms with van der Waals surface area (Å²) in [5, 5.41) is 7.28. The van der Waals surface area contributed by atoms with Gasteiger partial charge in [0.2, 0.25) is 0 Å². The van der Waals surface area contributed by atoms with Crippen molar-refractivity contribution in [3.8, 4) is 11.6 Å². The van der Waals surface area contributed by atoms with Crippen molar-refractivity contribution in [1.29, 1.82) is 0 Å². The van der Waals surface area contributed by atoms with Gasteiger partial charge >= 0.3 is 6.03 Å². The standard InChI is InChI=1S/C18H23N5O2/c24-18(20-14-6-2-1-3-7-14)23-11-9-13(12-23)16-21-17(25-22-16)15-8-4-5-10-19-15/h4-5,8,10,13-14H,1-3,6-7,9,11-12H2,(H,20,24). The van der Waals surface area contributed by atoms with Gasteiger partial charge in [0.15, 0.2) is 5.82 Å². The summed E-state index contributed by atoms with van der Waals surface area (Å²) in [6.45, 7) is 1.37. The number of aromatic nitrogens is 3. The molecule has 1 aliphatic heterocycles. The molecular formula is C18H23N5O2. The molecule has 2 amide bonds. The second-order valence-corrected chi connectivity index (χ2v) is 6.89. The van der Waals surface area contributed by atoms with Crippen molar-refractivity contribution in [2.24, 2.45) is 0 Å². The number of rotatable bonds is 3. The Balaban J connectivity index is 1.36. The predicted molar refractivity (Wildman–Crippen MR) is 91.9 cm³/mol. The van der Waals surface area contributed by atoms with Crippen LogP contribution in [0.15, 0.2) is 28.9 Å². The summed E-state index contributed by atoms with van der Waals surface area (Å²) in [6, 6.07) is 5.96. The molecule has 2 aromatic rings. The maximum Gasteiger partial charge on any atom is 0.317 e. The molecule has 1 N–H and O–H groups in total. The molecule has 3 heterocycles. The SMILES string of the molecule is O=C(NC1CCCCC1)N1CCC(c2noc(-c3ccccn3)n2)C1. The molecule has 1 unspecified atom stereocenters. The number of hydrogen-bond acceptors (Lipinski definition) is 5. The van der Waals surface area contributed by atoms with Gasteiger partial charge in [-0.25, -0.2) is 4.79 Å². The number of pyridine rings is 1. The second kappa shape index (κ2) is 7.21. The third-order valence-corrected chi connectivity index (χ3v) is 5.10. The molecule has 25 heavy (non-hydrogen) atoms. The Bertz CT molecular complexity index is 711. The first kappa shape index (κ1) is 16.1. The number of nitrogens with zero attached hydrogens (tertiary/aromatic N) is 4. The topological polar surface area (TPSA) is 84.2 Å². The minimum Gasteiger partial charge on any atom is -0.335 e. The monoisotopic (exact) mass is 341 g/mol. The van der Waals surface area contributed by atoms with Crippen LogP contribution in [0.4, 0.5) is 4.79 Å². The molecule has 1 atom stereocenters. The zero-order valence-corrected chi connectivity index (χ0v) is 14.2. The van der Waals surface area contributed by atoms with Gasteiger partial charge in [0.05, 0.1) is 0 Å². The molecule has 7 nitrogen and oxygen atoms in total. The Labute approximate surface area is 146 Å². The van der Waals surface area contributed by atoms with Crippen LogP contribution in [0.2, 0.25) is 0 Å². The first-order valence-electron chi connectivity index (χ1n) is 9.10. The highest BCUT2D eigenvalue weighted by Gasteiger charge is 2.31. The van der Waals surface area contributed by atoms with Crippen molar-refractivity contribution >= 4 is 6.03 Å². The molecule has 2 fully saturated rings. The smallest absolute Gasteiger partial charge is 0.317 e. The number of carbonyl (C=O) groups excluding carboxylic acids is 1. The lowest BCUT2D eigenvalue weighted by atomic mass is 9.96. The van der Waals surface area contributed by atoms with Gasteiger partial charge < -0.3 is 14.7 Å². The van der Waals surface area contributed by atoms with Crippen LogP contribution in [0.1, 0.15) is 50.3 Å². The molecular weight excluding hydrogens is 318 g/mol. The molecule has 1 saturated heterocycles. The summed E-state index contributed by atoms with van der Waals surface area (Å²) in [6.07, 6.45) is 8.47. The number of urea groups is 1. The predicted octanol–water partition coefficient (Wildman–Crippen LogP) is 2.96. The van der Waals surface area contributed by atoms with E-state index >= 15 is 0 Å². The Morgan fingerprint density at radius 3 is 2.88 bits per heavy atom. The highest BCUT2D eigenvalue weighted by atomic mass is 16.5. The minimum absolute atomic E-state index is 0.0443. The molecule has 7 heteroatoms. The highest BCUT2D eigenvalue weighted by Crippen LogP contribution is 2.27. The zero-order valence-electron chi connectivity index (χ0n) is 14.2. The number of carbonyl (C=O) groups is 1. The van der Waals surface area contributed by atoms with Crippen molar-refractivity contribution in [3.63, 3.8) is 0 Å². The first-order valence-corrected chi connectivity index (χ1v) is 9.10. The maximum atomic E-state index is 12.5. The molecule has 132 valence electrons. The van der Waals surface area contributed by atoms with Crippen molar-refractivity contribution in [2.75, 3.05) is 13.1 Å². The van der Waals surface area contributed by atoms with Gasteiger partial charge in [-0.2, -0.15) is 4.98 Å². The number of nitrogens with one attached hydrogen (secondary N) is 1. The lowest BCUT2D eigenvalue weighted by Crippen LogP contribution is -2.44. The Morgan fingerprint density at radius 1 is 1.20 bits per heavy atom. The highest BCUT2D eigenvalue weighted by molar-refractivity contribution is 5.75. The summed E-state index contributed by atoms with van der Waals surface area (Å²) in [4.78, 5) is 23.0. The molecule has 4 rings (SSSR count). The molecule has 1 saturated carbocycles. The van der Waals surface area contributed by atoms with Crippen LogP contribution in [-0.4, -0.2) is 45.2 Å². The van der Waals surface area contributed by atoms with Crippen LogP contribution in [0, 0.1) is 0 Å². The van der Waals surface area contributed by atoms with Gasteiger partial charge in [-0.1, -0.05) is 30.5 Å². The molecule has 0 radical (unpaired) electrons. The van der Waals surface area contributed by atoms with Crippen LogP contribution in [-0.2, 0) is 0 Å². The van der Waals surface area contributed by atoms with Gasteiger partial charge in [0, 0.05) is 31.2 Å². The second-order valence-electron chi connectivity index (χ2n) is 6.89. The van der Waals surface area contributed by atoms with E-state index in [1.807, 2.05) is 23.1 Å². The number of amides is 2. The van der Waals surface area contributed by atoms with E-state index in [0.29, 0.717) is 30.0 Å². The lowest BCUT2D eigenvalue weighted by molar-refractivity contribution is 0.200. The summed E-state index contributed by atoms with van der Waals surface area (Å²) in [7, 11) is 0. The molecule has 2 aromatic heterocycles. The summed E-state index contributed by atoms with van der Waals surface area (Å²) in [5.74, 6) is 1.22.